The third-order valence-corrected chi connectivity index (χ3v) is 3.65. The molecule has 1 aromatic heterocycles. The van der Waals surface area contributed by atoms with Crippen LogP contribution in [0, 0.1) is 0 Å². The van der Waals surface area contributed by atoms with Crippen molar-refractivity contribution in [2.45, 2.75) is 31.6 Å². The van der Waals surface area contributed by atoms with Crippen molar-refractivity contribution in [3.8, 4) is 0 Å². The van der Waals surface area contributed by atoms with Crippen molar-refractivity contribution in [3.05, 3.63) is 21.9 Å². The molecule has 1 aromatic rings. The van der Waals surface area contributed by atoms with Crippen molar-refractivity contribution in [1.29, 1.82) is 0 Å². The molecule has 0 aliphatic heterocycles. The highest BCUT2D eigenvalue weighted by atomic mass is 32.1. The van der Waals surface area contributed by atoms with Gasteiger partial charge in [-0.15, -0.1) is 11.3 Å². The molecule has 0 N–H and O–H groups in total. The molecule has 1 saturated carbocycles. The fourth-order valence-electron chi connectivity index (χ4n) is 1.85. The molecule has 0 radical (unpaired) electrons. The van der Waals surface area contributed by atoms with Gasteiger partial charge in [0.2, 0.25) is 0 Å². The highest BCUT2D eigenvalue weighted by Crippen LogP contribution is 2.36. The van der Waals surface area contributed by atoms with Crippen LogP contribution < -0.4 is 0 Å². The zero-order valence-corrected chi connectivity index (χ0v) is 7.77. The van der Waals surface area contributed by atoms with Crippen molar-refractivity contribution in [2.24, 2.45) is 0 Å². The summed E-state index contributed by atoms with van der Waals surface area (Å²) >= 11 is 1.74. The summed E-state index contributed by atoms with van der Waals surface area (Å²) in [4.78, 5) is 11.9. The fourth-order valence-corrected chi connectivity index (χ4v) is 2.88. The van der Waals surface area contributed by atoms with Crippen LogP contribution in [0.3, 0.4) is 0 Å². The predicted molar refractivity (Wildman–Crippen MR) is 50.9 cm³/mol. The van der Waals surface area contributed by atoms with Crippen LogP contribution in [0.4, 0.5) is 0 Å². The molecule has 2 heteroatoms. The molecule has 1 aliphatic carbocycles. The molecular weight excluding hydrogens is 168 g/mol. The quantitative estimate of drug-likeness (QED) is 0.639. The van der Waals surface area contributed by atoms with E-state index in [1.54, 1.807) is 11.3 Å². The molecule has 0 unspecified atom stereocenters. The number of hydrogen-bond acceptors (Lipinski definition) is 2. The van der Waals surface area contributed by atoms with E-state index in [-0.39, 0.29) is 0 Å². The van der Waals surface area contributed by atoms with Crippen molar-refractivity contribution < 1.29 is 4.79 Å². The Kier molecular flexibility index (Phi) is 2.26. The summed E-state index contributed by atoms with van der Waals surface area (Å²) < 4.78 is 0. The van der Waals surface area contributed by atoms with Crippen LogP contribution in [0.1, 0.15) is 46.8 Å². The number of thiophene rings is 1. The second-order valence-corrected chi connectivity index (χ2v) is 4.32. The van der Waals surface area contributed by atoms with Crippen molar-refractivity contribution in [1.82, 2.24) is 0 Å². The Morgan fingerprint density at radius 2 is 2.17 bits per heavy atom. The predicted octanol–water partition coefficient (Wildman–Crippen LogP) is 3.22. The lowest BCUT2D eigenvalue weighted by molar-refractivity contribution is 0.112. The smallest absolute Gasteiger partial charge is 0.150 e. The van der Waals surface area contributed by atoms with E-state index < -0.39 is 0 Å². The topological polar surface area (TPSA) is 17.1 Å². The Morgan fingerprint density at radius 3 is 2.75 bits per heavy atom. The Bertz CT molecular complexity index is 271. The lowest BCUT2D eigenvalue weighted by Gasteiger charge is -2.03. The number of carbonyl (C=O) groups excluding carboxylic acids is 1. The lowest BCUT2D eigenvalue weighted by atomic mass is 10.1. The Morgan fingerprint density at radius 1 is 1.42 bits per heavy atom. The van der Waals surface area contributed by atoms with Gasteiger partial charge in [0.1, 0.15) is 0 Å². The van der Waals surface area contributed by atoms with E-state index in [1.807, 2.05) is 11.4 Å². The molecule has 0 spiro atoms. The Balaban J connectivity index is 2.16. The molecule has 1 heterocycles. The van der Waals surface area contributed by atoms with E-state index in [0.29, 0.717) is 0 Å². The van der Waals surface area contributed by atoms with Crippen LogP contribution >= 0.6 is 11.3 Å². The van der Waals surface area contributed by atoms with E-state index in [2.05, 4.69) is 0 Å². The van der Waals surface area contributed by atoms with Crippen molar-refractivity contribution in [2.75, 3.05) is 0 Å². The number of carbonyl (C=O) groups is 1. The molecule has 0 aromatic carbocycles. The molecule has 1 nitrogen and oxygen atoms in total. The van der Waals surface area contributed by atoms with E-state index >= 15 is 0 Å². The van der Waals surface area contributed by atoms with Crippen LogP contribution in [-0.2, 0) is 0 Å². The lowest BCUT2D eigenvalue weighted by Crippen LogP contribution is -1.86. The third kappa shape index (κ3) is 1.44. The summed E-state index contributed by atoms with van der Waals surface area (Å²) in [6, 6.07) is 2.05. The first-order valence-corrected chi connectivity index (χ1v) is 5.32. The molecule has 2 rings (SSSR count). The first kappa shape index (κ1) is 7.99. The zero-order chi connectivity index (χ0) is 8.39. The Hall–Kier alpha value is -0.630. The van der Waals surface area contributed by atoms with Gasteiger partial charge >= 0.3 is 0 Å². The van der Waals surface area contributed by atoms with Crippen LogP contribution in [-0.4, -0.2) is 6.29 Å². The summed E-state index contributed by atoms with van der Waals surface area (Å²) in [7, 11) is 0. The first-order chi connectivity index (χ1) is 5.90. The van der Waals surface area contributed by atoms with Crippen molar-refractivity contribution >= 4 is 17.6 Å². The largest absolute Gasteiger partial charge is 0.298 e. The molecule has 1 aliphatic rings. The SMILES string of the molecule is O=Cc1csc(C2CCCC2)c1. The van der Waals surface area contributed by atoms with E-state index in [4.69, 9.17) is 0 Å². The van der Waals surface area contributed by atoms with Gasteiger partial charge in [-0.2, -0.15) is 0 Å². The van der Waals surface area contributed by atoms with Crippen LogP contribution in [0.15, 0.2) is 11.4 Å². The summed E-state index contributed by atoms with van der Waals surface area (Å²) in [6.45, 7) is 0. The maximum Gasteiger partial charge on any atom is 0.150 e. The number of aldehydes is 1. The van der Waals surface area contributed by atoms with Gasteiger partial charge in [0.15, 0.2) is 6.29 Å². The van der Waals surface area contributed by atoms with E-state index in [1.165, 1.54) is 30.6 Å². The van der Waals surface area contributed by atoms with Crippen LogP contribution in [0.25, 0.3) is 0 Å². The van der Waals surface area contributed by atoms with Gasteiger partial charge in [-0.25, -0.2) is 0 Å². The minimum atomic E-state index is 0.753. The third-order valence-electron chi connectivity index (χ3n) is 2.53. The van der Waals surface area contributed by atoms with Gasteiger partial charge in [0.05, 0.1) is 0 Å². The summed E-state index contributed by atoms with van der Waals surface area (Å²) in [6.07, 6.45) is 6.30. The standard InChI is InChI=1S/C10H12OS/c11-6-8-5-10(12-7-8)9-3-1-2-4-9/h5-7,9H,1-4H2. The molecule has 64 valence electrons. The second kappa shape index (κ2) is 3.40. The summed E-state index contributed by atoms with van der Waals surface area (Å²) in [5.41, 5.74) is 0.849. The summed E-state index contributed by atoms with van der Waals surface area (Å²) in [5.74, 6) is 0.753. The maximum absolute atomic E-state index is 10.4. The maximum atomic E-state index is 10.4. The number of rotatable bonds is 2. The monoisotopic (exact) mass is 180 g/mol. The molecule has 0 bridgehead atoms. The van der Waals surface area contributed by atoms with Gasteiger partial charge in [-0.3, -0.25) is 4.79 Å². The van der Waals surface area contributed by atoms with Crippen molar-refractivity contribution in [3.63, 3.8) is 0 Å². The second-order valence-electron chi connectivity index (χ2n) is 3.38. The molecular formula is C10H12OS. The normalized spacial score (nSPS) is 18.3. The molecule has 0 amide bonds. The molecule has 1 fully saturated rings. The van der Waals surface area contributed by atoms with Gasteiger partial charge in [-0.05, 0) is 24.8 Å². The molecule has 12 heavy (non-hydrogen) atoms. The number of hydrogen-bond donors (Lipinski definition) is 0. The van der Waals surface area contributed by atoms with Gasteiger partial charge in [-0.1, -0.05) is 12.8 Å². The van der Waals surface area contributed by atoms with Gasteiger partial charge in [0.25, 0.3) is 0 Å². The minimum Gasteiger partial charge on any atom is -0.298 e. The van der Waals surface area contributed by atoms with Gasteiger partial charge < -0.3 is 0 Å². The first-order valence-electron chi connectivity index (χ1n) is 4.44. The fraction of sp³-hybridized carbons (Fsp3) is 0.500. The van der Waals surface area contributed by atoms with E-state index in [0.717, 1.165) is 17.8 Å². The highest BCUT2D eigenvalue weighted by molar-refractivity contribution is 7.10. The van der Waals surface area contributed by atoms with E-state index in [9.17, 15) is 4.79 Å². The highest BCUT2D eigenvalue weighted by Gasteiger charge is 2.18. The molecule has 0 atom stereocenters. The van der Waals surface area contributed by atoms with Crippen LogP contribution in [0.5, 0.6) is 0 Å². The average Bonchev–Trinajstić information content (AvgIpc) is 2.75. The zero-order valence-electron chi connectivity index (χ0n) is 6.95. The Labute approximate surface area is 76.4 Å². The summed E-state index contributed by atoms with van der Waals surface area (Å²) in [5, 5.41) is 1.96. The molecule has 0 saturated heterocycles. The average molecular weight is 180 g/mol. The minimum absolute atomic E-state index is 0.753. The van der Waals surface area contributed by atoms with Crippen LogP contribution in [0.2, 0.25) is 0 Å². The van der Waals surface area contributed by atoms with Gasteiger partial charge in [0, 0.05) is 15.8 Å².